The molecule has 28 heavy (non-hydrogen) atoms. The second kappa shape index (κ2) is 7.93. The largest absolute Gasteiger partial charge is 0.478 e. The highest BCUT2D eigenvalue weighted by atomic mass is 32.1. The third kappa shape index (κ3) is 3.68. The van der Waals surface area contributed by atoms with E-state index < -0.39 is 11.5 Å². The third-order valence-corrected chi connectivity index (χ3v) is 5.53. The van der Waals surface area contributed by atoms with E-state index in [1.54, 1.807) is 6.07 Å². The van der Waals surface area contributed by atoms with Crippen LogP contribution in [0.4, 0.5) is 5.69 Å². The van der Waals surface area contributed by atoms with Crippen molar-refractivity contribution in [2.45, 2.75) is 40.2 Å². The van der Waals surface area contributed by atoms with E-state index in [2.05, 4.69) is 10.3 Å². The number of carboxylic acid groups (broad SMARTS) is 1. The van der Waals surface area contributed by atoms with Crippen LogP contribution in [-0.4, -0.2) is 26.5 Å². The zero-order chi connectivity index (χ0) is 20.4. The summed E-state index contributed by atoms with van der Waals surface area (Å²) in [5.74, 6) is -1.06. The minimum atomic E-state index is -1.18. The standard InChI is InChI=1S/C20H21N3O4S/c1-4-6-15-22-18-17(13(10-28-18)20(26)27)19(25)23(15)9-16(24)21-14-8-5-7-11(2)12(14)3/h5,7-8,10H,4,6,9H2,1-3H3,(H,21,24)(H,26,27). The first kappa shape index (κ1) is 19.8. The zero-order valence-electron chi connectivity index (χ0n) is 15.9. The van der Waals surface area contributed by atoms with Crippen molar-refractivity contribution in [1.29, 1.82) is 0 Å². The maximum atomic E-state index is 13.0. The molecule has 8 heteroatoms. The normalized spacial score (nSPS) is 11.0. The zero-order valence-corrected chi connectivity index (χ0v) is 16.7. The number of amides is 1. The summed E-state index contributed by atoms with van der Waals surface area (Å²) in [4.78, 5) is 41.9. The lowest BCUT2D eigenvalue weighted by atomic mass is 10.1. The second-order valence-electron chi connectivity index (χ2n) is 6.60. The lowest BCUT2D eigenvalue weighted by molar-refractivity contribution is -0.116. The first-order chi connectivity index (χ1) is 13.3. The van der Waals surface area contributed by atoms with Gasteiger partial charge in [-0.25, -0.2) is 9.78 Å². The molecule has 0 saturated carbocycles. The number of thiophene rings is 1. The Labute approximate surface area is 165 Å². The van der Waals surface area contributed by atoms with E-state index in [0.29, 0.717) is 22.8 Å². The van der Waals surface area contributed by atoms with Crippen LogP contribution in [0.15, 0.2) is 28.4 Å². The fourth-order valence-corrected chi connectivity index (χ4v) is 3.94. The Morgan fingerprint density at radius 1 is 1.29 bits per heavy atom. The summed E-state index contributed by atoms with van der Waals surface area (Å²) in [5.41, 5.74) is 2.11. The Bertz CT molecular complexity index is 1130. The van der Waals surface area contributed by atoms with Gasteiger partial charge in [0.2, 0.25) is 5.91 Å². The minimum absolute atomic E-state index is 0.0527. The molecule has 2 heterocycles. The van der Waals surface area contributed by atoms with Gasteiger partial charge in [-0.3, -0.25) is 14.2 Å². The summed E-state index contributed by atoms with van der Waals surface area (Å²) in [5, 5.41) is 13.6. The highest BCUT2D eigenvalue weighted by Gasteiger charge is 2.20. The lowest BCUT2D eigenvalue weighted by Gasteiger charge is -2.14. The third-order valence-electron chi connectivity index (χ3n) is 4.66. The van der Waals surface area contributed by atoms with Crippen molar-refractivity contribution < 1.29 is 14.7 Å². The van der Waals surface area contributed by atoms with Crippen molar-refractivity contribution in [2.75, 3.05) is 5.32 Å². The van der Waals surface area contributed by atoms with E-state index in [0.717, 1.165) is 28.9 Å². The molecule has 0 fully saturated rings. The van der Waals surface area contributed by atoms with Crippen LogP contribution >= 0.6 is 11.3 Å². The number of rotatable bonds is 6. The number of aromatic nitrogens is 2. The topological polar surface area (TPSA) is 101 Å². The highest BCUT2D eigenvalue weighted by molar-refractivity contribution is 7.17. The molecule has 3 rings (SSSR count). The summed E-state index contributed by atoms with van der Waals surface area (Å²) >= 11 is 1.12. The molecule has 0 spiro atoms. The van der Waals surface area contributed by atoms with Crippen molar-refractivity contribution in [2.24, 2.45) is 0 Å². The Kier molecular flexibility index (Phi) is 5.60. The van der Waals surface area contributed by atoms with E-state index in [1.165, 1.54) is 9.95 Å². The molecule has 2 aromatic heterocycles. The molecule has 0 unspecified atom stereocenters. The fraction of sp³-hybridized carbons (Fsp3) is 0.300. The van der Waals surface area contributed by atoms with Crippen LogP contribution in [0.2, 0.25) is 0 Å². The van der Waals surface area contributed by atoms with Gasteiger partial charge in [0.15, 0.2) is 0 Å². The van der Waals surface area contributed by atoms with Crippen molar-refractivity contribution in [1.82, 2.24) is 9.55 Å². The molecule has 0 radical (unpaired) electrons. The molecule has 146 valence electrons. The quantitative estimate of drug-likeness (QED) is 0.662. The van der Waals surface area contributed by atoms with Crippen LogP contribution in [0.25, 0.3) is 10.2 Å². The molecule has 2 N–H and O–H groups in total. The summed E-state index contributed by atoms with van der Waals surface area (Å²) in [6.07, 6.45) is 1.26. The van der Waals surface area contributed by atoms with Gasteiger partial charge in [0.1, 0.15) is 17.2 Å². The number of nitrogens with one attached hydrogen (secondary N) is 1. The number of nitrogens with zero attached hydrogens (tertiary/aromatic N) is 2. The van der Waals surface area contributed by atoms with E-state index in [1.807, 2.05) is 32.9 Å². The molecule has 0 atom stereocenters. The second-order valence-corrected chi connectivity index (χ2v) is 7.46. The van der Waals surface area contributed by atoms with Gasteiger partial charge in [0.25, 0.3) is 5.56 Å². The molecule has 1 aromatic carbocycles. The minimum Gasteiger partial charge on any atom is -0.478 e. The summed E-state index contributed by atoms with van der Waals surface area (Å²) in [6, 6.07) is 5.61. The maximum Gasteiger partial charge on any atom is 0.337 e. The van der Waals surface area contributed by atoms with Crippen molar-refractivity contribution in [3.8, 4) is 0 Å². The number of carbonyl (C=O) groups is 2. The summed E-state index contributed by atoms with van der Waals surface area (Å²) in [6.45, 7) is 5.60. The first-order valence-electron chi connectivity index (χ1n) is 8.93. The Hall–Kier alpha value is -3.00. The highest BCUT2D eigenvalue weighted by Crippen LogP contribution is 2.22. The Morgan fingerprint density at radius 2 is 2.04 bits per heavy atom. The predicted molar refractivity (Wildman–Crippen MR) is 109 cm³/mol. The maximum absolute atomic E-state index is 13.0. The van der Waals surface area contributed by atoms with Gasteiger partial charge in [-0.05, 0) is 37.5 Å². The predicted octanol–water partition coefficient (Wildman–Crippen LogP) is 3.36. The molecule has 3 aromatic rings. The van der Waals surface area contributed by atoms with E-state index in [4.69, 9.17) is 0 Å². The molecule has 1 amide bonds. The fourth-order valence-electron chi connectivity index (χ4n) is 3.02. The summed E-state index contributed by atoms with van der Waals surface area (Å²) in [7, 11) is 0. The molecular formula is C20H21N3O4S. The number of aromatic carboxylic acids is 1. The van der Waals surface area contributed by atoms with Gasteiger partial charge < -0.3 is 10.4 Å². The number of carboxylic acids is 1. The Morgan fingerprint density at radius 3 is 2.71 bits per heavy atom. The van der Waals surface area contributed by atoms with Crippen LogP contribution in [0.1, 0.15) is 40.7 Å². The van der Waals surface area contributed by atoms with Crippen LogP contribution in [-0.2, 0) is 17.8 Å². The van der Waals surface area contributed by atoms with Gasteiger partial charge >= 0.3 is 5.97 Å². The lowest BCUT2D eigenvalue weighted by Crippen LogP contribution is -2.31. The monoisotopic (exact) mass is 399 g/mol. The molecule has 0 aliphatic heterocycles. The Balaban J connectivity index is 2.02. The average molecular weight is 399 g/mol. The number of aryl methyl sites for hydroxylation is 2. The molecular weight excluding hydrogens is 378 g/mol. The smallest absolute Gasteiger partial charge is 0.337 e. The average Bonchev–Trinajstić information content (AvgIpc) is 3.07. The summed E-state index contributed by atoms with van der Waals surface area (Å²) < 4.78 is 1.28. The van der Waals surface area contributed by atoms with Crippen molar-refractivity contribution in [3.63, 3.8) is 0 Å². The number of carbonyl (C=O) groups excluding carboxylic acids is 1. The number of anilines is 1. The van der Waals surface area contributed by atoms with E-state index >= 15 is 0 Å². The van der Waals surface area contributed by atoms with Crippen molar-refractivity contribution >= 4 is 39.1 Å². The van der Waals surface area contributed by atoms with E-state index in [-0.39, 0.29) is 23.4 Å². The van der Waals surface area contributed by atoms with E-state index in [9.17, 15) is 19.5 Å². The number of fused-ring (bicyclic) bond motifs is 1. The van der Waals surface area contributed by atoms with Crippen LogP contribution < -0.4 is 10.9 Å². The van der Waals surface area contributed by atoms with Gasteiger partial charge in [-0.1, -0.05) is 19.1 Å². The first-order valence-corrected chi connectivity index (χ1v) is 9.81. The number of hydrogen-bond donors (Lipinski definition) is 2. The number of benzene rings is 1. The van der Waals surface area contributed by atoms with Crippen LogP contribution in [0.3, 0.4) is 0 Å². The van der Waals surface area contributed by atoms with Gasteiger partial charge in [-0.15, -0.1) is 11.3 Å². The molecule has 0 aliphatic carbocycles. The van der Waals surface area contributed by atoms with Crippen LogP contribution in [0.5, 0.6) is 0 Å². The molecule has 0 aliphatic rings. The van der Waals surface area contributed by atoms with Crippen molar-refractivity contribution in [3.05, 3.63) is 56.4 Å². The molecule has 0 bridgehead atoms. The van der Waals surface area contributed by atoms with Gasteiger partial charge in [0.05, 0.1) is 10.9 Å². The molecule has 0 saturated heterocycles. The number of hydrogen-bond acceptors (Lipinski definition) is 5. The SMILES string of the molecule is CCCc1nc2scc(C(=O)O)c2c(=O)n1CC(=O)Nc1cccc(C)c1C. The van der Waals surface area contributed by atoms with Gasteiger partial charge in [0, 0.05) is 17.5 Å². The van der Waals surface area contributed by atoms with Crippen LogP contribution in [0, 0.1) is 13.8 Å². The van der Waals surface area contributed by atoms with Gasteiger partial charge in [-0.2, -0.15) is 0 Å². The molecule has 7 nitrogen and oxygen atoms in total.